The number of quaternary nitrogens is 2. The first-order valence-electron chi connectivity index (χ1n) is 13.1. The van der Waals surface area contributed by atoms with Crippen LogP contribution in [0.15, 0.2) is 48.5 Å². The molecule has 0 radical (unpaired) electrons. The average Bonchev–Trinajstić information content (AvgIpc) is 3.30. The molecule has 0 unspecified atom stereocenters. The molecule has 4 amide bonds. The number of fused-ring (bicyclic) bond motifs is 2. The van der Waals surface area contributed by atoms with E-state index in [2.05, 4.69) is 0 Å². The van der Waals surface area contributed by atoms with Crippen molar-refractivity contribution in [2.45, 2.75) is 25.7 Å². The number of nitrogens with zero attached hydrogens (tertiary/aromatic N) is 2. The molecule has 1 fully saturated rings. The molecular weight excluding hydrogens is 456 g/mol. The third-order valence-corrected chi connectivity index (χ3v) is 7.74. The minimum Gasteiger partial charge on any atom is -0.326 e. The summed E-state index contributed by atoms with van der Waals surface area (Å²) in [6.45, 7) is 7.61. The molecule has 8 heteroatoms. The normalized spacial score (nSPS) is 21.3. The molecule has 0 aromatic heterocycles. The van der Waals surface area contributed by atoms with Crippen LogP contribution in [0.25, 0.3) is 0 Å². The summed E-state index contributed by atoms with van der Waals surface area (Å²) < 4.78 is 0. The van der Waals surface area contributed by atoms with Gasteiger partial charge >= 0.3 is 0 Å². The largest absolute Gasteiger partial charge is 0.326 e. The molecule has 3 aliphatic heterocycles. The van der Waals surface area contributed by atoms with E-state index < -0.39 is 0 Å². The highest BCUT2D eigenvalue weighted by Crippen LogP contribution is 2.23. The highest BCUT2D eigenvalue weighted by molar-refractivity contribution is 6.22. The Bertz CT molecular complexity index is 1010. The van der Waals surface area contributed by atoms with E-state index in [9.17, 15) is 19.2 Å². The molecule has 36 heavy (non-hydrogen) atoms. The van der Waals surface area contributed by atoms with Gasteiger partial charge in [-0.25, -0.2) is 0 Å². The third kappa shape index (κ3) is 4.83. The number of nitrogens with one attached hydrogen (secondary N) is 2. The van der Waals surface area contributed by atoms with E-state index in [1.54, 1.807) is 58.3 Å². The minimum absolute atomic E-state index is 0.164. The van der Waals surface area contributed by atoms with Crippen LogP contribution in [0.3, 0.4) is 0 Å². The second kappa shape index (κ2) is 10.7. The van der Waals surface area contributed by atoms with E-state index in [0.717, 1.165) is 65.0 Å². The molecule has 5 rings (SSSR count). The lowest BCUT2D eigenvalue weighted by molar-refractivity contribution is -1.01. The predicted octanol–water partition coefficient (Wildman–Crippen LogP) is -0.0774. The third-order valence-electron chi connectivity index (χ3n) is 7.74. The lowest BCUT2D eigenvalue weighted by Crippen LogP contribution is -3.28. The molecule has 0 spiro atoms. The summed E-state index contributed by atoms with van der Waals surface area (Å²) >= 11 is 0. The summed E-state index contributed by atoms with van der Waals surface area (Å²) in [4.78, 5) is 55.8. The van der Waals surface area contributed by atoms with Gasteiger partial charge in [-0.1, -0.05) is 24.3 Å². The van der Waals surface area contributed by atoms with Crippen LogP contribution >= 0.6 is 0 Å². The molecule has 1 saturated heterocycles. The first-order chi connectivity index (χ1) is 17.5. The zero-order valence-corrected chi connectivity index (χ0v) is 20.6. The molecule has 0 atom stereocenters. The Kier molecular flexibility index (Phi) is 7.25. The van der Waals surface area contributed by atoms with Gasteiger partial charge in [0, 0.05) is 13.1 Å². The van der Waals surface area contributed by atoms with Gasteiger partial charge in [-0.3, -0.25) is 29.0 Å². The zero-order chi connectivity index (χ0) is 25.1. The monoisotopic (exact) mass is 490 g/mol. The summed E-state index contributed by atoms with van der Waals surface area (Å²) in [5.74, 6) is -0.655. The Morgan fingerprint density at radius 3 is 1.11 bits per heavy atom. The first-order valence-corrected chi connectivity index (χ1v) is 13.1. The second-order valence-electron chi connectivity index (χ2n) is 10.0. The maximum absolute atomic E-state index is 12.5. The van der Waals surface area contributed by atoms with Gasteiger partial charge in [-0.2, -0.15) is 0 Å². The van der Waals surface area contributed by atoms with Gasteiger partial charge in [0.15, 0.2) is 0 Å². The number of unbranched alkanes of at least 4 members (excludes halogenated alkanes) is 2. The number of piperazine rings is 1. The van der Waals surface area contributed by atoms with Gasteiger partial charge in [0.05, 0.1) is 35.3 Å². The molecule has 188 valence electrons. The van der Waals surface area contributed by atoms with Crippen molar-refractivity contribution < 1.29 is 29.0 Å². The van der Waals surface area contributed by atoms with Crippen molar-refractivity contribution in [3.63, 3.8) is 0 Å². The zero-order valence-electron chi connectivity index (χ0n) is 20.6. The van der Waals surface area contributed by atoms with Crippen LogP contribution in [0.1, 0.15) is 67.1 Å². The highest BCUT2D eigenvalue weighted by Gasteiger charge is 2.35. The van der Waals surface area contributed by atoms with Crippen LogP contribution in [-0.4, -0.2) is 85.8 Å². The van der Waals surface area contributed by atoms with Crippen molar-refractivity contribution >= 4 is 23.6 Å². The number of carbonyl (C=O) groups is 4. The van der Waals surface area contributed by atoms with Crippen LogP contribution in [0, 0.1) is 0 Å². The van der Waals surface area contributed by atoms with Crippen molar-refractivity contribution in [3.05, 3.63) is 70.8 Å². The van der Waals surface area contributed by atoms with Gasteiger partial charge in [0.1, 0.15) is 26.2 Å². The minimum atomic E-state index is -0.164. The van der Waals surface area contributed by atoms with Crippen molar-refractivity contribution in [2.75, 3.05) is 52.4 Å². The summed E-state index contributed by atoms with van der Waals surface area (Å²) in [5, 5.41) is 0. The fourth-order valence-electron chi connectivity index (χ4n) is 5.63. The molecule has 0 bridgehead atoms. The van der Waals surface area contributed by atoms with E-state index in [1.165, 1.54) is 9.80 Å². The van der Waals surface area contributed by atoms with Crippen LogP contribution < -0.4 is 9.80 Å². The fourth-order valence-corrected chi connectivity index (χ4v) is 5.63. The Morgan fingerprint density at radius 1 is 0.500 bits per heavy atom. The van der Waals surface area contributed by atoms with E-state index in [-0.39, 0.29) is 23.6 Å². The van der Waals surface area contributed by atoms with Gasteiger partial charge in [-0.15, -0.1) is 0 Å². The predicted molar refractivity (Wildman–Crippen MR) is 133 cm³/mol. The topological polar surface area (TPSA) is 83.6 Å². The molecule has 8 nitrogen and oxygen atoms in total. The van der Waals surface area contributed by atoms with Crippen molar-refractivity contribution in [1.29, 1.82) is 0 Å². The van der Waals surface area contributed by atoms with Gasteiger partial charge in [-0.05, 0) is 49.9 Å². The number of hydrogen-bond donors (Lipinski definition) is 2. The standard InChI is InChI=1S/C28H32N4O4/c33-25-21-9-1-2-10-22(21)26(34)31(25)15-7-5-13-29-17-19-30(20-18-29)14-6-8-16-32-27(35)23-11-3-4-12-24(23)28(32)36/h1-4,9-12H,5-8,13-20H2/p+2. The second-order valence-corrected chi connectivity index (χ2v) is 10.0. The van der Waals surface area contributed by atoms with Crippen LogP contribution in [0.2, 0.25) is 0 Å². The van der Waals surface area contributed by atoms with Crippen LogP contribution in [0.4, 0.5) is 0 Å². The van der Waals surface area contributed by atoms with E-state index in [1.807, 2.05) is 0 Å². The lowest BCUT2D eigenvalue weighted by Gasteiger charge is -2.30. The summed E-state index contributed by atoms with van der Waals surface area (Å²) in [6.07, 6.45) is 3.67. The average molecular weight is 491 g/mol. The van der Waals surface area contributed by atoms with Gasteiger partial charge in [0.2, 0.25) is 0 Å². The molecule has 2 N–H and O–H groups in total. The molecular formula is C28H34N4O4+2. The highest BCUT2D eigenvalue weighted by atomic mass is 16.2. The molecule has 3 aliphatic rings. The summed E-state index contributed by atoms with van der Waals surface area (Å²) in [7, 11) is 0. The molecule has 0 saturated carbocycles. The Hall–Kier alpha value is -3.36. The van der Waals surface area contributed by atoms with Crippen LogP contribution in [0.5, 0.6) is 0 Å². The van der Waals surface area contributed by atoms with E-state index in [0.29, 0.717) is 35.3 Å². The van der Waals surface area contributed by atoms with Crippen LogP contribution in [-0.2, 0) is 0 Å². The van der Waals surface area contributed by atoms with Gasteiger partial charge in [0.25, 0.3) is 23.6 Å². The van der Waals surface area contributed by atoms with Crippen molar-refractivity contribution in [2.24, 2.45) is 0 Å². The van der Waals surface area contributed by atoms with Crippen molar-refractivity contribution in [3.8, 4) is 0 Å². The fraction of sp³-hybridized carbons (Fsp3) is 0.429. The Morgan fingerprint density at radius 2 is 0.806 bits per heavy atom. The Balaban J connectivity index is 0.951. The molecule has 2 aromatic rings. The first kappa shape index (κ1) is 24.3. The maximum atomic E-state index is 12.5. The summed E-state index contributed by atoms with van der Waals surface area (Å²) in [5.41, 5.74) is 2.10. The molecule has 2 aromatic carbocycles. The van der Waals surface area contributed by atoms with E-state index >= 15 is 0 Å². The maximum Gasteiger partial charge on any atom is 0.261 e. The number of benzene rings is 2. The smallest absolute Gasteiger partial charge is 0.261 e. The number of hydrogen-bond acceptors (Lipinski definition) is 4. The van der Waals surface area contributed by atoms with E-state index in [4.69, 9.17) is 0 Å². The quantitative estimate of drug-likeness (QED) is 0.361. The number of amides is 4. The Labute approximate surface area is 211 Å². The SMILES string of the molecule is O=C1c2ccccc2C(=O)N1CCCC[NH+]1CC[NH+](CCCCN2C(=O)c3ccccc3C2=O)CC1. The lowest BCUT2D eigenvalue weighted by atomic mass is 10.1. The number of imide groups is 2. The van der Waals surface area contributed by atoms with Gasteiger partial charge < -0.3 is 9.80 Å². The summed E-state index contributed by atoms with van der Waals surface area (Å²) in [6, 6.07) is 14.1. The van der Waals surface area contributed by atoms with Crippen molar-refractivity contribution in [1.82, 2.24) is 9.80 Å². The number of carbonyl (C=O) groups excluding carboxylic acids is 4. The molecule has 3 heterocycles. The number of rotatable bonds is 10. The molecule has 0 aliphatic carbocycles.